The van der Waals surface area contributed by atoms with Crippen LogP contribution in [0.4, 0.5) is 0 Å². The number of halogens is 1. The van der Waals surface area contributed by atoms with E-state index in [0.29, 0.717) is 0 Å². The van der Waals surface area contributed by atoms with Crippen LogP contribution in [0.15, 0.2) is 0 Å². The molecule has 0 saturated heterocycles. The number of hydrogen-bond donors (Lipinski definition) is 1. The Labute approximate surface area is 60.4 Å². The van der Waals surface area contributed by atoms with Crippen LogP contribution < -0.4 is 49.7 Å². The van der Waals surface area contributed by atoms with Gasteiger partial charge in [-0.05, 0) is 0 Å². The summed E-state index contributed by atoms with van der Waals surface area (Å²) in [6.45, 7) is 0. The molecule has 0 radical (unpaired) electrons. The Morgan fingerprint density at radius 2 is 1.00 bits per heavy atom. The average Bonchev–Trinajstić information content (AvgIpc) is 0.811. The van der Waals surface area contributed by atoms with Gasteiger partial charge >= 0.3 is 29.6 Å². The Balaban J connectivity index is -0.0000000450. The largest absolute Gasteiger partial charge is 1.00 e. The van der Waals surface area contributed by atoms with Crippen molar-refractivity contribution in [2.45, 2.75) is 0 Å². The van der Waals surface area contributed by atoms with Crippen LogP contribution in [0.1, 0.15) is 0 Å². The molecule has 0 amide bonds. The molecular weight excluding hydrogens is 120 g/mol. The zero-order chi connectivity index (χ0) is 3.58. The van der Waals surface area contributed by atoms with Crippen molar-refractivity contribution in [2.75, 3.05) is 0 Å². The summed E-state index contributed by atoms with van der Waals surface area (Å²) in [5.41, 5.74) is 0. The first-order valence-electron chi connectivity index (χ1n) is 0.463. The third kappa shape index (κ3) is 68.5. The van der Waals surface area contributed by atoms with Gasteiger partial charge in [-0.2, -0.15) is 0 Å². The summed E-state index contributed by atoms with van der Waals surface area (Å²) in [6.07, 6.45) is 0. The number of rotatable bonds is 0. The predicted molar refractivity (Wildman–Crippen MR) is 5.02 cm³/mol. The molecule has 0 aliphatic carbocycles. The van der Waals surface area contributed by atoms with E-state index in [1.54, 1.807) is 0 Å². The normalized spacial score (nSPS) is 6.00. The molecule has 0 spiro atoms. The SMILES string of the molecule is N.[Na+].[O-][Cl+2]([O-])[O-]. The van der Waals surface area contributed by atoms with E-state index in [4.69, 9.17) is 14.0 Å². The maximum atomic E-state index is 8.41. The van der Waals surface area contributed by atoms with Gasteiger partial charge in [-0.1, -0.05) is 0 Å². The van der Waals surface area contributed by atoms with Gasteiger partial charge < -0.3 is 20.1 Å². The van der Waals surface area contributed by atoms with Crippen molar-refractivity contribution in [3.8, 4) is 0 Å². The summed E-state index contributed by atoms with van der Waals surface area (Å²) >= 11 is 0. The second-order valence-electron chi connectivity index (χ2n) is 0.189. The van der Waals surface area contributed by atoms with E-state index in [-0.39, 0.29) is 35.7 Å². The van der Waals surface area contributed by atoms with Gasteiger partial charge in [0.15, 0.2) is 0 Å². The summed E-state index contributed by atoms with van der Waals surface area (Å²) < 4.78 is 25.2. The second kappa shape index (κ2) is 9.46. The summed E-state index contributed by atoms with van der Waals surface area (Å²) in [4.78, 5) is 0. The molecule has 0 aliphatic heterocycles. The smallest absolute Gasteiger partial charge is 0.357 e. The van der Waals surface area contributed by atoms with E-state index in [9.17, 15) is 0 Å². The van der Waals surface area contributed by atoms with E-state index < -0.39 is 10.8 Å². The molecule has 0 aromatic rings. The first-order chi connectivity index (χ1) is 1.73. The minimum atomic E-state index is -2.85. The van der Waals surface area contributed by atoms with E-state index in [1.165, 1.54) is 0 Å². The van der Waals surface area contributed by atoms with Crippen molar-refractivity contribution in [3.05, 3.63) is 0 Å². The third-order valence-electron chi connectivity index (χ3n) is 0. The molecular formula is H3ClNNaO3. The number of hydrogen-bond acceptors (Lipinski definition) is 4. The van der Waals surface area contributed by atoms with Crippen molar-refractivity contribution in [1.29, 1.82) is 0 Å². The first kappa shape index (κ1) is 15.7. The predicted octanol–water partition coefficient (Wildman–Crippen LogP) is -6.40. The Hall–Kier alpha value is 1.13. The topological polar surface area (TPSA) is 104 Å². The summed E-state index contributed by atoms with van der Waals surface area (Å²) in [6, 6.07) is 0. The standard InChI is InChI=1S/ClO3.H3N.Na/c2-1(3)4;;/h;1H3;/q-1;;+1. The molecule has 0 rings (SSSR count). The molecule has 0 aliphatic rings. The van der Waals surface area contributed by atoms with Crippen LogP contribution >= 0.6 is 0 Å². The van der Waals surface area contributed by atoms with Gasteiger partial charge in [-0.25, -0.2) is 0 Å². The van der Waals surface area contributed by atoms with Gasteiger partial charge in [0.2, 0.25) is 0 Å². The van der Waals surface area contributed by atoms with E-state index >= 15 is 0 Å². The third-order valence-corrected chi connectivity index (χ3v) is 0. The van der Waals surface area contributed by atoms with Crippen molar-refractivity contribution in [3.63, 3.8) is 0 Å². The van der Waals surface area contributed by atoms with Crippen LogP contribution in [0.3, 0.4) is 0 Å². The maximum Gasteiger partial charge on any atom is 1.00 e. The molecule has 0 unspecified atom stereocenters. The Morgan fingerprint density at radius 1 is 1.00 bits per heavy atom. The van der Waals surface area contributed by atoms with Crippen molar-refractivity contribution >= 4 is 0 Å². The van der Waals surface area contributed by atoms with Gasteiger partial charge in [0.05, 0.1) is 10.8 Å². The Kier molecular flexibility index (Phi) is 24.8. The van der Waals surface area contributed by atoms with Crippen molar-refractivity contribution in [1.82, 2.24) is 6.15 Å². The van der Waals surface area contributed by atoms with Crippen molar-refractivity contribution in [2.24, 2.45) is 0 Å². The minimum Gasteiger partial charge on any atom is -0.357 e. The van der Waals surface area contributed by atoms with E-state index in [0.717, 1.165) is 0 Å². The molecule has 0 bridgehead atoms. The molecule has 6 heteroatoms. The van der Waals surface area contributed by atoms with Gasteiger partial charge in [-0.15, -0.1) is 0 Å². The zero-order valence-corrected chi connectivity index (χ0v) is 6.07. The van der Waals surface area contributed by atoms with Crippen LogP contribution in [0, 0.1) is 10.8 Å². The molecule has 4 nitrogen and oxygen atoms in total. The molecule has 3 N–H and O–H groups in total. The molecule has 0 atom stereocenters. The monoisotopic (exact) mass is 123 g/mol. The first-order valence-corrected chi connectivity index (χ1v) is 1.39. The van der Waals surface area contributed by atoms with Gasteiger partial charge in [0.1, 0.15) is 0 Å². The minimum absolute atomic E-state index is 0. The molecule has 6 heavy (non-hydrogen) atoms. The Bertz CT molecular complexity index is 15.5. The quantitative estimate of drug-likeness (QED) is 0.324. The van der Waals surface area contributed by atoms with Crippen LogP contribution in [-0.2, 0) is 0 Å². The van der Waals surface area contributed by atoms with Crippen LogP contribution in [0.2, 0.25) is 0 Å². The van der Waals surface area contributed by atoms with Gasteiger partial charge in [0.25, 0.3) is 0 Å². The average molecular weight is 123 g/mol. The van der Waals surface area contributed by atoms with E-state index in [2.05, 4.69) is 0 Å². The molecule has 0 heterocycles. The molecule has 0 aromatic heterocycles. The fraction of sp³-hybridized carbons (Fsp3) is 0. The molecule has 34 valence electrons. The molecule has 0 aromatic carbocycles. The Morgan fingerprint density at radius 3 is 1.00 bits per heavy atom. The van der Waals surface area contributed by atoms with Gasteiger partial charge in [0, 0.05) is 0 Å². The zero-order valence-electron chi connectivity index (χ0n) is 3.31. The van der Waals surface area contributed by atoms with Gasteiger partial charge in [-0.3, -0.25) is 0 Å². The van der Waals surface area contributed by atoms with Crippen LogP contribution in [0.5, 0.6) is 0 Å². The second-order valence-corrected chi connectivity index (χ2v) is 0.567. The van der Waals surface area contributed by atoms with E-state index in [1.807, 2.05) is 0 Å². The maximum absolute atomic E-state index is 8.41. The summed E-state index contributed by atoms with van der Waals surface area (Å²) in [5, 5.41) is 0. The summed E-state index contributed by atoms with van der Waals surface area (Å²) in [7, 11) is -2.85. The fourth-order valence-corrected chi connectivity index (χ4v) is 0. The summed E-state index contributed by atoms with van der Waals surface area (Å²) in [5.74, 6) is 0. The molecule has 0 fully saturated rings. The van der Waals surface area contributed by atoms with Crippen LogP contribution in [0.25, 0.3) is 0 Å². The van der Waals surface area contributed by atoms with Crippen LogP contribution in [-0.4, -0.2) is 0 Å². The molecule has 0 saturated carbocycles. The fourth-order valence-electron chi connectivity index (χ4n) is 0. The van der Waals surface area contributed by atoms with Crippen molar-refractivity contribution < 1.29 is 54.3 Å².